The van der Waals surface area contributed by atoms with E-state index in [2.05, 4.69) is 4.99 Å². The molecular weight excluding hydrogens is 300 g/mol. The van der Waals surface area contributed by atoms with Crippen LogP contribution in [-0.2, 0) is 0 Å². The molecule has 0 spiro atoms. The van der Waals surface area contributed by atoms with E-state index in [0.717, 1.165) is 0 Å². The molecule has 2 aromatic carbocycles. The molecule has 0 aliphatic heterocycles. The fourth-order valence-electron chi connectivity index (χ4n) is 1.99. The van der Waals surface area contributed by atoms with Crippen molar-refractivity contribution >= 4 is 11.9 Å². The van der Waals surface area contributed by atoms with Gasteiger partial charge in [0.05, 0.1) is 11.0 Å². The fraction of sp³-hybridized carbons (Fsp3) is 0.188. The monoisotopic (exact) mass is 316 g/mol. The molecule has 0 saturated heterocycles. The first kappa shape index (κ1) is 16.4. The van der Waals surface area contributed by atoms with Crippen molar-refractivity contribution in [3.05, 3.63) is 63.7 Å². The van der Waals surface area contributed by atoms with Crippen molar-refractivity contribution in [3.63, 3.8) is 0 Å². The second-order valence-electron chi connectivity index (χ2n) is 5.06. The van der Waals surface area contributed by atoms with E-state index < -0.39 is 17.1 Å². The minimum Gasteiger partial charge on any atom is -0.508 e. The molecule has 0 aliphatic carbocycles. The van der Waals surface area contributed by atoms with Gasteiger partial charge in [0.25, 0.3) is 5.69 Å². The highest BCUT2D eigenvalue weighted by Crippen LogP contribution is 2.24. The molecule has 120 valence electrons. The van der Waals surface area contributed by atoms with Crippen LogP contribution in [0.4, 0.5) is 5.69 Å². The maximum atomic E-state index is 10.7. The molecule has 0 unspecified atom stereocenters. The second-order valence-corrected chi connectivity index (χ2v) is 5.06. The maximum absolute atomic E-state index is 10.7. The van der Waals surface area contributed by atoms with Crippen LogP contribution in [0.2, 0.25) is 0 Å². The van der Waals surface area contributed by atoms with Crippen LogP contribution in [0.15, 0.2) is 47.5 Å². The first-order chi connectivity index (χ1) is 10.9. The Balaban J connectivity index is 2.17. The lowest BCUT2D eigenvalue weighted by Gasteiger charge is -2.15. The molecule has 2 rings (SSSR count). The Morgan fingerprint density at radius 3 is 2.43 bits per heavy atom. The van der Waals surface area contributed by atoms with Crippen LogP contribution in [0, 0.1) is 10.1 Å². The normalized spacial score (nSPS) is 13.8. The molecule has 0 fully saturated rings. The van der Waals surface area contributed by atoms with Gasteiger partial charge in [0.1, 0.15) is 17.6 Å². The van der Waals surface area contributed by atoms with Crippen molar-refractivity contribution in [1.82, 2.24) is 0 Å². The summed E-state index contributed by atoms with van der Waals surface area (Å²) in [5.41, 5.74) is 0.621. The summed E-state index contributed by atoms with van der Waals surface area (Å²) < 4.78 is 0. The quantitative estimate of drug-likeness (QED) is 0.445. The molecule has 0 amide bonds. The Hall–Kier alpha value is -2.93. The zero-order valence-electron chi connectivity index (χ0n) is 12.3. The number of non-ortho nitro benzene ring substituents is 1. The third-order valence-electron chi connectivity index (χ3n) is 3.36. The molecule has 2 atom stereocenters. The molecule has 0 heterocycles. The van der Waals surface area contributed by atoms with Gasteiger partial charge >= 0.3 is 0 Å². The lowest BCUT2D eigenvalue weighted by molar-refractivity contribution is -0.384. The number of nitro groups is 1. The highest BCUT2D eigenvalue weighted by molar-refractivity contribution is 5.84. The molecule has 0 aromatic heterocycles. The summed E-state index contributed by atoms with van der Waals surface area (Å²) in [5.74, 6) is -0.0377. The second kappa shape index (κ2) is 6.89. The fourth-order valence-corrected chi connectivity index (χ4v) is 1.99. The lowest BCUT2D eigenvalue weighted by Crippen LogP contribution is -2.12. The van der Waals surface area contributed by atoms with Crippen LogP contribution in [0.1, 0.15) is 24.2 Å². The van der Waals surface area contributed by atoms with Crippen molar-refractivity contribution in [3.8, 4) is 11.5 Å². The minimum absolute atomic E-state index is 0.0959. The Labute approximate surface area is 132 Å². The zero-order valence-corrected chi connectivity index (χ0v) is 12.3. The van der Waals surface area contributed by atoms with Gasteiger partial charge in [0.15, 0.2) is 0 Å². The summed E-state index contributed by atoms with van der Waals surface area (Å²) in [6.07, 6.45) is 0.379. The van der Waals surface area contributed by atoms with Gasteiger partial charge in [-0.1, -0.05) is 12.1 Å². The molecule has 3 N–H and O–H groups in total. The highest BCUT2D eigenvalue weighted by atomic mass is 16.6. The molecule has 23 heavy (non-hydrogen) atoms. The van der Waals surface area contributed by atoms with E-state index in [1.165, 1.54) is 36.5 Å². The number of benzene rings is 2. The number of hydrogen-bond donors (Lipinski definition) is 3. The molecule has 7 nitrogen and oxygen atoms in total. The SMILES string of the molecule is C[C@H](N=Cc1cc([N+](=O)[O-])ccc1O)[C@@H](O)c1ccc(O)cc1. The van der Waals surface area contributed by atoms with Gasteiger partial charge in [0.2, 0.25) is 0 Å². The van der Waals surface area contributed by atoms with Gasteiger partial charge < -0.3 is 15.3 Å². The highest BCUT2D eigenvalue weighted by Gasteiger charge is 2.15. The molecule has 0 aliphatic rings. The van der Waals surface area contributed by atoms with Crippen molar-refractivity contribution < 1.29 is 20.2 Å². The summed E-state index contributed by atoms with van der Waals surface area (Å²) in [5, 5.41) is 39.9. The van der Waals surface area contributed by atoms with Crippen LogP contribution in [-0.4, -0.2) is 32.5 Å². The Bertz CT molecular complexity index is 728. The van der Waals surface area contributed by atoms with Gasteiger partial charge in [-0.15, -0.1) is 0 Å². The smallest absolute Gasteiger partial charge is 0.270 e. The van der Waals surface area contributed by atoms with Crippen molar-refractivity contribution in [2.75, 3.05) is 0 Å². The molecule has 0 radical (unpaired) electrons. The number of nitro benzene ring substituents is 1. The number of rotatable bonds is 5. The van der Waals surface area contributed by atoms with Gasteiger partial charge in [-0.2, -0.15) is 0 Å². The Morgan fingerprint density at radius 1 is 1.17 bits per heavy atom. The predicted molar refractivity (Wildman–Crippen MR) is 84.9 cm³/mol. The number of phenolic OH excluding ortho intramolecular Hbond substituents is 2. The van der Waals surface area contributed by atoms with E-state index in [-0.39, 0.29) is 22.7 Å². The summed E-state index contributed by atoms with van der Waals surface area (Å²) in [4.78, 5) is 14.3. The summed E-state index contributed by atoms with van der Waals surface area (Å²) in [6.45, 7) is 1.67. The average molecular weight is 316 g/mol. The van der Waals surface area contributed by atoms with Gasteiger partial charge in [-0.05, 0) is 30.7 Å². The molecule has 0 saturated carbocycles. The number of phenols is 2. The first-order valence-electron chi connectivity index (χ1n) is 6.86. The third kappa shape index (κ3) is 4.04. The third-order valence-corrected chi connectivity index (χ3v) is 3.36. The van der Waals surface area contributed by atoms with Crippen LogP contribution >= 0.6 is 0 Å². The van der Waals surface area contributed by atoms with E-state index in [0.29, 0.717) is 5.56 Å². The number of aliphatic hydroxyl groups is 1. The molecule has 7 heteroatoms. The predicted octanol–water partition coefficient (Wildman–Crippen LogP) is 2.55. The van der Waals surface area contributed by atoms with E-state index in [9.17, 15) is 25.4 Å². The van der Waals surface area contributed by atoms with Gasteiger partial charge in [0, 0.05) is 23.9 Å². The number of aliphatic hydroxyl groups excluding tert-OH is 1. The molecule has 0 bridgehead atoms. The van der Waals surface area contributed by atoms with E-state index in [4.69, 9.17) is 0 Å². The standard InChI is InChI=1S/C16H16N2O5/c1-10(16(21)11-2-5-14(19)6-3-11)17-9-12-8-13(18(22)23)4-7-15(12)20/h2-10,16,19-21H,1H3/t10-,16+/m0/s1. The van der Waals surface area contributed by atoms with Crippen LogP contribution in [0.3, 0.4) is 0 Å². The van der Waals surface area contributed by atoms with Crippen LogP contribution in [0.5, 0.6) is 11.5 Å². The zero-order chi connectivity index (χ0) is 17.0. The van der Waals surface area contributed by atoms with Crippen LogP contribution in [0.25, 0.3) is 0 Å². The lowest BCUT2D eigenvalue weighted by atomic mass is 10.0. The number of aromatic hydroxyl groups is 2. The number of nitrogens with zero attached hydrogens (tertiary/aromatic N) is 2. The number of aliphatic imine (C=N–C) groups is 1. The van der Waals surface area contributed by atoms with Crippen molar-refractivity contribution in [2.45, 2.75) is 19.1 Å². The maximum Gasteiger partial charge on any atom is 0.270 e. The topological polar surface area (TPSA) is 116 Å². The Kier molecular flexibility index (Phi) is 4.92. The van der Waals surface area contributed by atoms with E-state index in [1.54, 1.807) is 19.1 Å². The molecule has 2 aromatic rings. The summed E-state index contributed by atoms with van der Waals surface area (Å²) in [7, 11) is 0. The largest absolute Gasteiger partial charge is 0.508 e. The van der Waals surface area contributed by atoms with Gasteiger partial charge in [-0.3, -0.25) is 15.1 Å². The summed E-state index contributed by atoms with van der Waals surface area (Å²) in [6, 6.07) is 9.16. The first-order valence-corrected chi connectivity index (χ1v) is 6.86. The Morgan fingerprint density at radius 2 is 1.83 bits per heavy atom. The average Bonchev–Trinajstić information content (AvgIpc) is 2.53. The van der Waals surface area contributed by atoms with Crippen LogP contribution < -0.4 is 0 Å². The van der Waals surface area contributed by atoms with E-state index >= 15 is 0 Å². The van der Waals surface area contributed by atoms with Gasteiger partial charge in [-0.25, -0.2) is 0 Å². The summed E-state index contributed by atoms with van der Waals surface area (Å²) >= 11 is 0. The van der Waals surface area contributed by atoms with Crippen molar-refractivity contribution in [1.29, 1.82) is 0 Å². The van der Waals surface area contributed by atoms with E-state index in [1.807, 2.05) is 0 Å². The van der Waals surface area contributed by atoms with Crippen molar-refractivity contribution in [2.24, 2.45) is 4.99 Å². The minimum atomic E-state index is -0.910. The molecular formula is C16H16N2O5. The number of hydrogen-bond acceptors (Lipinski definition) is 6.